The Morgan fingerprint density at radius 2 is 2.16 bits per heavy atom. The van der Waals surface area contributed by atoms with Gasteiger partial charge < -0.3 is 5.32 Å². The molecule has 0 aliphatic carbocycles. The van der Waals surface area contributed by atoms with Crippen LogP contribution in [0.1, 0.15) is 37.3 Å². The Bertz CT molecular complexity index is 521. The van der Waals surface area contributed by atoms with Crippen molar-refractivity contribution in [2.75, 3.05) is 7.05 Å². The maximum absolute atomic E-state index is 6.29. The molecule has 0 bridgehead atoms. The van der Waals surface area contributed by atoms with Gasteiger partial charge in [-0.25, -0.2) is 0 Å². The monoisotopic (exact) mass is 278 g/mol. The second-order valence-corrected chi connectivity index (χ2v) is 5.19. The molecule has 1 atom stereocenters. The minimum absolute atomic E-state index is 0.104. The molecule has 0 aromatic carbocycles. The SMILES string of the molecule is CNC(Cc1ccccn1)c1c(Cl)cnn1C(C)C. The Kier molecular flexibility index (Phi) is 4.56. The predicted molar refractivity (Wildman–Crippen MR) is 77.4 cm³/mol. The van der Waals surface area contributed by atoms with Crippen LogP contribution in [0.5, 0.6) is 0 Å². The third-order valence-electron chi connectivity index (χ3n) is 3.09. The molecule has 5 heteroatoms. The minimum Gasteiger partial charge on any atom is -0.311 e. The van der Waals surface area contributed by atoms with E-state index in [2.05, 4.69) is 29.2 Å². The van der Waals surface area contributed by atoms with Gasteiger partial charge in [-0.05, 0) is 33.0 Å². The second kappa shape index (κ2) is 6.17. The molecule has 2 aromatic heterocycles. The number of halogens is 1. The van der Waals surface area contributed by atoms with Gasteiger partial charge in [-0.1, -0.05) is 17.7 Å². The zero-order valence-corrected chi connectivity index (χ0v) is 12.2. The van der Waals surface area contributed by atoms with Crippen LogP contribution in [-0.4, -0.2) is 21.8 Å². The van der Waals surface area contributed by atoms with Crippen molar-refractivity contribution in [3.63, 3.8) is 0 Å². The van der Waals surface area contributed by atoms with Crippen molar-refractivity contribution in [2.24, 2.45) is 0 Å². The highest BCUT2D eigenvalue weighted by Gasteiger charge is 2.21. The Morgan fingerprint density at radius 1 is 1.37 bits per heavy atom. The number of pyridine rings is 1. The Hall–Kier alpha value is -1.39. The summed E-state index contributed by atoms with van der Waals surface area (Å²) in [4.78, 5) is 4.37. The summed E-state index contributed by atoms with van der Waals surface area (Å²) in [6.45, 7) is 4.20. The number of nitrogens with zero attached hydrogens (tertiary/aromatic N) is 3. The molecule has 102 valence electrons. The molecule has 0 radical (unpaired) electrons. The lowest BCUT2D eigenvalue weighted by Crippen LogP contribution is -2.24. The normalized spacial score (nSPS) is 12.9. The number of rotatable bonds is 5. The summed E-state index contributed by atoms with van der Waals surface area (Å²) in [5.74, 6) is 0. The summed E-state index contributed by atoms with van der Waals surface area (Å²) in [7, 11) is 1.93. The number of nitrogens with one attached hydrogen (secondary N) is 1. The molecule has 0 amide bonds. The number of hydrogen-bond acceptors (Lipinski definition) is 3. The standard InChI is InChI=1S/C14H19ClN4/c1-10(2)19-14(12(15)9-18-19)13(16-3)8-11-6-4-5-7-17-11/h4-7,9-10,13,16H,8H2,1-3H3. The topological polar surface area (TPSA) is 42.7 Å². The predicted octanol–water partition coefficient (Wildman–Crippen LogP) is 3.02. The molecule has 0 aliphatic heterocycles. The average molecular weight is 279 g/mol. The van der Waals surface area contributed by atoms with E-state index in [0.717, 1.165) is 17.8 Å². The van der Waals surface area contributed by atoms with Crippen LogP contribution >= 0.6 is 11.6 Å². The van der Waals surface area contributed by atoms with Gasteiger partial charge in [0.25, 0.3) is 0 Å². The van der Waals surface area contributed by atoms with Gasteiger partial charge in [0.15, 0.2) is 0 Å². The van der Waals surface area contributed by atoms with Crippen LogP contribution in [0.3, 0.4) is 0 Å². The van der Waals surface area contributed by atoms with E-state index in [0.29, 0.717) is 5.02 Å². The summed E-state index contributed by atoms with van der Waals surface area (Å²) in [6, 6.07) is 6.32. The molecule has 2 rings (SSSR count). The third-order valence-corrected chi connectivity index (χ3v) is 3.39. The van der Waals surface area contributed by atoms with Crippen LogP contribution in [0, 0.1) is 0 Å². The van der Waals surface area contributed by atoms with E-state index >= 15 is 0 Å². The number of hydrogen-bond donors (Lipinski definition) is 1. The van der Waals surface area contributed by atoms with Gasteiger partial charge in [0.2, 0.25) is 0 Å². The maximum atomic E-state index is 6.29. The summed E-state index contributed by atoms with van der Waals surface area (Å²) in [5.41, 5.74) is 2.05. The van der Waals surface area contributed by atoms with Gasteiger partial charge in [-0.15, -0.1) is 0 Å². The van der Waals surface area contributed by atoms with Crippen molar-refractivity contribution in [3.8, 4) is 0 Å². The average Bonchev–Trinajstić information content (AvgIpc) is 2.79. The third kappa shape index (κ3) is 3.14. The molecule has 1 unspecified atom stereocenters. The van der Waals surface area contributed by atoms with Crippen LogP contribution < -0.4 is 5.32 Å². The van der Waals surface area contributed by atoms with Gasteiger partial charge in [0.1, 0.15) is 0 Å². The highest BCUT2D eigenvalue weighted by atomic mass is 35.5. The first-order valence-electron chi connectivity index (χ1n) is 6.43. The molecular weight excluding hydrogens is 260 g/mol. The lowest BCUT2D eigenvalue weighted by molar-refractivity contribution is 0.458. The second-order valence-electron chi connectivity index (χ2n) is 4.78. The van der Waals surface area contributed by atoms with E-state index in [4.69, 9.17) is 11.6 Å². The van der Waals surface area contributed by atoms with E-state index in [-0.39, 0.29) is 12.1 Å². The van der Waals surface area contributed by atoms with Crippen molar-refractivity contribution in [3.05, 3.63) is 47.0 Å². The van der Waals surface area contributed by atoms with Crippen LogP contribution in [0.2, 0.25) is 5.02 Å². The van der Waals surface area contributed by atoms with E-state index < -0.39 is 0 Å². The lowest BCUT2D eigenvalue weighted by atomic mass is 10.1. The van der Waals surface area contributed by atoms with Crippen molar-refractivity contribution >= 4 is 11.6 Å². The summed E-state index contributed by atoms with van der Waals surface area (Å²) in [6.07, 6.45) is 4.30. The Balaban J connectivity index is 2.29. The molecule has 0 saturated carbocycles. The lowest BCUT2D eigenvalue weighted by Gasteiger charge is -2.20. The first-order valence-corrected chi connectivity index (χ1v) is 6.81. The van der Waals surface area contributed by atoms with Crippen molar-refractivity contribution in [1.29, 1.82) is 0 Å². The molecule has 1 N–H and O–H groups in total. The highest BCUT2D eigenvalue weighted by Crippen LogP contribution is 2.27. The van der Waals surface area contributed by atoms with Gasteiger partial charge in [0, 0.05) is 24.4 Å². The zero-order chi connectivity index (χ0) is 13.8. The Labute approximate surface area is 118 Å². The highest BCUT2D eigenvalue weighted by molar-refractivity contribution is 6.31. The zero-order valence-electron chi connectivity index (χ0n) is 11.5. The quantitative estimate of drug-likeness (QED) is 0.914. The molecule has 19 heavy (non-hydrogen) atoms. The largest absolute Gasteiger partial charge is 0.311 e. The number of aromatic nitrogens is 3. The van der Waals surface area contributed by atoms with Crippen molar-refractivity contribution in [1.82, 2.24) is 20.1 Å². The van der Waals surface area contributed by atoms with E-state index in [1.807, 2.05) is 36.1 Å². The van der Waals surface area contributed by atoms with Gasteiger partial charge in [0.05, 0.1) is 23.0 Å². The summed E-state index contributed by atoms with van der Waals surface area (Å²) < 4.78 is 1.96. The smallest absolute Gasteiger partial charge is 0.0834 e. The van der Waals surface area contributed by atoms with Gasteiger partial charge >= 0.3 is 0 Å². The molecule has 0 saturated heterocycles. The van der Waals surface area contributed by atoms with Crippen LogP contribution in [0.4, 0.5) is 0 Å². The molecular formula is C14H19ClN4. The van der Waals surface area contributed by atoms with Crippen LogP contribution in [0.25, 0.3) is 0 Å². The van der Waals surface area contributed by atoms with Crippen LogP contribution in [0.15, 0.2) is 30.6 Å². The minimum atomic E-state index is 0.104. The fourth-order valence-electron chi connectivity index (χ4n) is 2.15. The summed E-state index contributed by atoms with van der Waals surface area (Å²) >= 11 is 6.29. The first kappa shape index (κ1) is 14.0. The van der Waals surface area contributed by atoms with Gasteiger partial charge in [-0.3, -0.25) is 9.67 Å². The molecule has 2 aromatic rings. The van der Waals surface area contributed by atoms with Crippen molar-refractivity contribution in [2.45, 2.75) is 32.4 Å². The molecule has 4 nitrogen and oxygen atoms in total. The molecule has 0 spiro atoms. The molecule has 2 heterocycles. The van der Waals surface area contributed by atoms with Crippen LogP contribution in [-0.2, 0) is 6.42 Å². The van der Waals surface area contributed by atoms with Crippen molar-refractivity contribution < 1.29 is 0 Å². The molecule has 0 aliphatic rings. The molecule has 0 fully saturated rings. The maximum Gasteiger partial charge on any atom is 0.0834 e. The van der Waals surface area contributed by atoms with E-state index in [1.165, 1.54) is 0 Å². The summed E-state index contributed by atoms with van der Waals surface area (Å²) in [5, 5.41) is 8.35. The number of likely N-dealkylation sites (N-methyl/N-ethyl adjacent to an activating group) is 1. The fourth-order valence-corrected chi connectivity index (χ4v) is 2.41. The Morgan fingerprint density at radius 3 is 2.74 bits per heavy atom. The van der Waals surface area contributed by atoms with Gasteiger partial charge in [-0.2, -0.15) is 5.10 Å². The van der Waals surface area contributed by atoms with E-state index in [9.17, 15) is 0 Å². The fraction of sp³-hybridized carbons (Fsp3) is 0.429. The van der Waals surface area contributed by atoms with E-state index in [1.54, 1.807) is 6.20 Å². The first-order chi connectivity index (χ1) is 9.13.